The molecule has 8 nitrogen and oxygen atoms in total. The fourth-order valence-corrected chi connectivity index (χ4v) is 3.16. The summed E-state index contributed by atoms with van der Waals surface area (Å²) in [4.78, 5) is 37.9. The van der Waals surface area contributed by atoms with Gasteiger partial charge in [0.25, 0.3) is 5.91 Å². The van der Waals surface area contributed by atoms with Crippen molar-refractivity contribution in [2.45, 2.75) is 25.4 Å². The molecule has 4 N–H and O–H groups in total. The Morgan fingerprint density at radius 1 is 1.00 bits per heavy atom. The number of rotatable bonds is 8. The standard InChI is InChI=1S/C21H23N5O3/c22-19(27)11-12-25(14-15-7-3-1-4-8-15)21(29)17-13-18(20(23)28)26(24-17)16-9-5-2-6-10-16/h1-10,18H,11-14H2,(H2,22,27)(H2,23,28). The number of amides is 3. The van der Waals surface area contributed by atoms with E-state index in [0.717, 1.165) is 5.56 Å². The first-order valence-electron chi connectivity index (χ1n) is 9.28. The van der Waals surface area contributed by atoms with Gasteiger partial charge in [-0.3, -0.25) is 19.4 Å². The van der Waals surface area contributed by atoms with Gasteiger partial charge in [0, 0.05) is 25.9 Å². The van der Waals surface area contributed by atoms with E-state index in [1.807, 2.05) is 48.5 Å². The zero-order chi connectivity index (χ0) is 20.8. The van der Waals surface area contributed by atoms with Gasteiger partial charge in [0.1, 0.15) is 11.8 Å². The minimum absolute atomic E-state index is 0.0352. The average molecular weight is 393 g/mol. The number of hydrogen-bond acceptors (Lipinski definition) is 5. The van der Waals surface area contributed by atoms with Gasteiger partial charge >= 0.3 is 0 Å². The molecule has 2 aromatic carbocycles. The summed E-state index contributed by atoms with van der Waals surface area (Å²) < 4.78 is 0. The summed E-state index contributed by atoms with van der Waals surface area (Å²) in [6.45, 7) is 0.465. The molecule has 29 heavy (non-hydrogen) atoms. The van der Waals surface area contributed by atoms with Gasteiger partial charge in [-0.1, -0.05) is 48.5 Å². The van der Waals surface area contributed by atoms with Crippen LogP contribution in [0.4, 0.5) is 5.69 Å². The highest BCUT2D eigenvalue weighted by molar-refractivity contribution is 6.40. The number of anilines is 1. The highest BCUT2D eigenvalue weighted by Gasteiger charge is 2.36. The van der Waals surface area contributed by atoms with E-state index in [1.54, 1.807) is 12.1 Å². The Kier molecular flexibility index (Phi) is 6.23. The molecule has 0 saturated heterocycles. The van der Waals surface area contributed by atoms with E-state index in [0.29, 0.717) is 12.2 Å². The zero-order valence-electron chi connectivity index (χ0n) is 15.9. The molecule has 0 fully saturated rings. The first-order chi connectivity index (χ1) is 14.0. The monoisotopic (exact) mass is 393 g/mol. The summed E-state index contributed by atoms with van der Waals surface area (Å²) in [6.07, 6.45) is 0.137. The number of hydrazone groups is 1. The van der Waals surface area contributed by atoms with Crippen molar-refractivity contribution in [1.82, 2.24) is 4.90 Å². The highest BCUT2D eigenvalue weighted by atomic mass is 16.2. The van der Waals surface area contributed by atoms with Crippen LogP contribution in [0.15, 0.2) is 65.8 Å². The third-order valence-corrected chi connectivity index (χ3v) is 4.64. The maximum absolute atomic E-state index is 13.2. The Labute approximate surface area is 168 Å². The van der Waals surface area contributed by atoms with Crippen molar-refractivity contribution in [2.24, 2.45) is 16.6 Å². The first-order valence-corrected chi connectivity index (χ1v) is 9.28. The minimum Gasteiger partial charge on any atom is -0.370 e. The molecule has 8 heteroatoms. The number of para-hydroxylation sites is 1. The average Bonchev–Trinajstić information content (AvgIpc) is 3.18. The third kappa shape index (κ3) is 4.98. The summed E-state index contributed by atoms with van der Waals surface area (Å²) >= 11 is 0. The highest BCUT2D eigenvalue weighted by Crippen LogP contribution is 2.25. The normalized spacial score (nSPS) is 15.7. The van der Waals surface area contributed by atoms with E-state index in [9.17, 15) is 14.4 Å². The number of carbonyl (C=O) groups is 3. The summed E-state index contributed by atoms with van der Waals surface area (Å²) in [7, 11) is 0. The van der Waals surface area contributed by atoms with Gasteiger partial charge in [-0.15, -0.1) is 0 Å². The van der Waals surface area contributed by atoms with Crippen LogP contribution in [0, 0.1) is 0 Å². The Balaban J connectivity index is 1.85. The van der Waals surface area contributed by atoms with Crippen molar-refractivity contribution in [3.05, 3.63) is 66.2 Å². The lowest BCUT2D eigenvalue weighted by Gasteiger charge is -2.22. The summed E-state index contributed by atoms with van der Waals surface area (Å²) in [5, 5.41) is 5.87. The summed E-state index contributed by atoms with van der Waals surface area (Å²) in [5.74, 6) is -1.41. The van der Waals surface area contributed by atoms with Crippen molar-refractivity contribution in [2.75, 3.05) is 11.6 Å². The molecule has 1 atom stereocenters. The Hall–Kier alpha value is -3.68. The number of hydrogen-bond donors (Lipinski definition) is 2. The molecule has 0 spiro atoms. The van der Waals surface area contributed by atoms with Crippen LogP contribution in [0.2, 0.25) is 0 Å². The van der Waals surface area contributed by atoms with Crippen molar-refractivity contribution in [3.63, 3.8) is 0 Å². The second-order valence-corrected chi connectivity index (χ2v) is 6.78. The van der Waals surface area contributed by atoms with Crippen LogP contribution in [0.25, 0.3) is 0 Å². The summed E-state index contributed by atoms with van der Waals surface area (Å²) in [6, 6.07) is 17.7. The van der Waals surface area contributed by atoms with Crippen LogP contribution in [0.5, 0.6) is 0 Å². The fourth-order valence-electron chi connectivity index (χ4n) is 3.16. The smallest absolute Gasteiger partial charge is 0.270 e. The molecule has 0 radical (unpaired) electrons. The van der Waals surface area contributed by atoms with E-state index in [1.165, 1.54) is 9.91 Å². The van der Waals surface area contributed by atoms with E-state index in [2.05, 4.69) is 5.10 Å². The molecule has 0 saturated carbocycles. The Bertz CT molecular complexity index is 914. The maximum atomic E-state index is 13.2. The van der Waals surface area contributed by atoms with Crippen LogP contribution >= 0.6 is 0 Å². The van der Waals surface area contributed by atoms with E-state index in [4.69, 9.17) is 11.5 Å². The maximum Gasteiger partial charge on any atom is 0.270 e. The topological polar surface area (TPSA) is 122 Å². The van der Waals surface area contributed by atoms with E-state index < -0.39 is 17.9 Å². The third-order valence-electron chi connectivity index (χ3n) is 4.64. The van der Waals surface area contributed by atoms with Crippen LogP contribution in [0.1, 0.15) is 18.4 Å². The van der Waals surface area contributed by atoms with Gasteiger partial charge in [0.05, 0.1) is 5.69 Å². The fraction of sp³-hybridized carbons (Fsp3) is 0.238. The number of nitrogens with two attached hydrogens (primary N) is 2. The number of benzene rings is 2. The molecule has 3 rings (SSSR count). The number of nitrogens with zero attached hydrogens (tertiary/aromatic N) is 3. The van der Waals surface area contributed by atoms with Gasteiger partial charge in [-0.25, -0.2) is 0 Å². The zero-order valence-corrected chi connectivity index (χ0v) is 15.9. The van der Waals surface area contributed by atoms with Gasteiger partial charge in [-0.05, 0) is 17.7 Å². The first kappa shape index (κ1) is 20.1. The van der Waals surface area contributed by atoms with Gasteiger partial charge < -0.3 is 16.4 Å². The van der Waals surface area contributed by atoms with Crippen molar-refractivity contribution >= 4 is 29.1 Å². The molecule has 1 aliphatic heterocycles. The van der Waals surface area contributed by atoms with Crippen molar-refractivity contribution < 1.29 is 14.4 Å². The number of primary amides is 2. The Morgan fingerprint density at radius 2 is 1.62 bits per heavy atom. The molecule has 150 valence electrons. The molecule has 0 aromatic heterocycles. The van der Waals surface area contributed by atoms with Crippen LogP contribution in [-0.2, 0) is 20.9 Å². The van der Waals surface area contributed by atoms with Gasteiger partial charge in [0.15, 0.2) is 0 Å². The SMILES string of the molecule is NC(=O)CCN(Cc1ccccc1)C(=O)C1=NN(c2ccccc2)C(C(N)=O)C1. The quantitative estimate of drug-likeness (QED) is 0.695. The van der Waals surface area contributed by atoms with E-state index in [-0.39, 0.29) is 31.0 Å². The molecule has 1 unspecified atom stereocenters. The lowest BCUT2D eigenvalue weighted by atomic mass is 10.1. The predicted molar refractivity (Wildman–Crippen MR) is 110 cm³/mol. The molecule has 2 aromatic rings. The predicted octanol–water partition coefficient (Wildman–Crippen LogP) is 1.01. The molecule has 0 bridgehead atoms. The second kappa shape index (κ2) is 9.01. The molecule has 0 aliphatic carbocycles. The largest absolute Gasteiger partial charge is 0.370 e. The Morgan fingerprint density at radius 3 is 2.21 bits per heavy atom. The molecule has 1 aliphatic rings. The molecule has 3 amide bonds. The van der Waals surface area contributed by atoms with Gasteiger partial charge in [0.2, 0.25) is 11.8 Å². The lowest BCUT2D eigenvalue weighted by molar-refractivity contribution is -0.125. The van der Waals surface area contributed by atoms with Crippen molar-refractivity contribution in [1.29, 1.82) is 0 Å². The van der Waals surface area contributed by atoms with Crippen LogP contribution in [-0.4, -0.2) is 40.9 Å². The van der Waals surface area contributed by atoms with Crippen LogP contribution in [0.3, 0.4) is 0 Å². The minimum atomic E-state index is -0.744. The van der Waals surface area contributed by atoms with Crippen molar-refractivity contribution in [3.8, 4) is 0 Å². The molecular weight excluding hydrogens is 370 g/mol. The van der Waals surface area contributed by atoms with Crippen LogP contribution < -0.4 is 16.5 Å². The summed E-state index contributed by atoms with van der Waals surface area (Å²) in [5.41, 5.74) is 12.6. The van der Waals surface area contributed by atoms with E-state index >= 15 is 0 Å². The molecular formula is C21H23N5O3. The van der Waals surface area contributed by atoms with Gasteiger partial charge in [-0.2, -0.15) is 5.10 Å². The lowest BCUT2D eigenvalue weighted by Crippen LogP contribution is -2.41. The molecule has 1 heterocycles. The second-order valence-electron chi connectivity index (χ2n) is 6.78. The number of carbonyl (C=O) groups excluding carboxylic acids is 3.